The van der Waals surface area contributed by atoms with Crippen LogP contribution in [0.4, 0.5) is 10.3 Å². The van der Waals surface area contributed by atoms with Gasteiger partial charge in [0, 0.05) is 29.4 Å². The number of nitrogens with zero attached hydrogens (tertiary/aromatic N) is 3. The fourth-order valence-corrected chi connectivity index (χ4v) is 3.78. The predicted octanol–water partition coefficient (Wildman–Crippen LogP) is 2.94. The second kappa shape index (κ2) is 7.90. The summed E-state index contributed by atoms with van der Waals surface area (Å²) in [5.41, 5.74) is 14.0. The Hall–Kier alpha value is -3.81. The van der Waals surface area contributed by atoms with E-state index in [4.69, 9.17) is 11.5 Å². The largest absolute Gasteiger partial charge is 0.368 e. The highest BCUT2D eigenvalue weighted by Gasteiger charge is 2.33. The van der Waals surface area contributed by atoms with Crippen LogP contribution in [0.1, 0.15) is 45.3 Å². The number of hydrogen-bond acceptors (Lipinski definition) is 5. The van der Waals surface area contributed by atoms with Gasteiger partial charge in [-0.1, -0.05) is 12.1 Å². The van der Waals surface area contributed by atoms with Gasteiger partial charge in [0.25, 0.3) is 5.91 Å². The molecule has 1 aliphatic heterocycles. The molecule has 0 aliphatic carbocycles. The third kappa shape index (κ3) is 3.71. The van der Waals surface area contributed by atoms with E-state index in [1.165, 1.54) is 24.3 Å². The average Bonchev–Trinajstić information content (AvgIpc) is 3.23. The van der Waals surface area contributed by atoms with Gasteiger partial charge in [-0.25, -0.2) is 14.4 Å². The third-order valence-electron chi connectivity index (χ3n) is 5.22. The molecule has 2 aromatic carbocycles. The summed E-state index contributed by atoms with van der Waals surface area (Å²) in [5.74, 6) is -1.04. The molecule has 2 amide bonds. The fraction of sp³-hybridized carbons (Fsp3) is 0.182. The third-order valence-corrected chi connectivity index (χ3v) is 5.22. The molecule has 0 radical (unpaired) electrons. The minimum Gasteiger partial charge on any atom is -0.368 e. The maximum absolute atomic E-state index is 13.3. The molecule has 152 valence electrons. The van der Waals surface area contributed by atoms with Crippen molar-refractivity contribution in [2.45, 2.75) is 18.9 Å². The summed E-state index contributed by atoms with van der Waals surface area (Å²) in [6.45, 7) is 0.547. The van der Waals surface area contributed by atoms with Gasteiger partial charge in [0.15, 0.2) is 0 Å². The zero-order valence-electron chi connectivity index (χ0n) is 16.1. The van der Waals surface area contributed by atoms with E-state index in [1.807, 2.05) is 6.07 Å². The van der Waals surface area contributed by atoms with E-state index in [9.17, 15) is 14.0 Å². The van der Waals surface area contributed by atoms with Crippen molar-refractivity contribution in [2.75, 3.05) is 12.3 Å². The number of anilines is 1. The van der Waals surface area contributed by atoms with E-state index in [-0.39, 0.29) is 17.9 Å². The van der Waals surface area contributed by atoms with Crippen LogP contribution in [0.2, 0.25) is 0 Å². The number of carbonyl (C=O) groups is 2. The van der Waals surface area contributed by atoms with Crippen LogP contribution in [0.5, 0.6) is 0 Å². The number of hydrogen-bond donors (Lipinski definition) is 2. The van der Waals surface area contributed by atoms with Crippen molar-refractivity contribution in [2.24, 2.45) is 5.73 Å². The Balaban J connectivity index is 1.75. The first-order chi connectivity index (χ1) is 14.4. The molecule has 0 bridgehead atoms. The van der Waals surface area contributed by atoms with Gasteiger partial charge in [-0.3, -0.25) is 9.59 Å². The Labute approximate surface area is 172 Å². The molecule has 3 aromatic rings. The van der Waals surface area contributed by atoms with Crippen LogP contribution in [-0.4, -0.2) is 33.2 Å². The normalized spacial score (nSPS) is 15.9. The van der Waals surface area contributed by atoms with Crippen molar-refractivity contribution < 1.29 is 14.0 Å². The van der Waals surface area contributed by atoms with Crippen LogP contribution < -0.4 is 11.5 Å². The zero-order chi connectivity index (χ0) is 21.3. The summed E-state index contributed by atoms with van der Waals surface area (Å²) in [6, 6.07) is 12.0. The van der Waals surface area contributed by atoms with Crippen molar-refractivity contribution in [3.63, 3.8) is 0 Å². The molecule has 4 rings (SSSR count). The summed E-state index contributed by atoms with van der Waals surface area (Å²) >= 11 is 0. The van der Waals surface area contributed by atoms with E-state index in [0.29, 0.717) is 40.9 Å². The Morgan fingerprint density at radius 3 is 2.60 bits per heavy atom. The molecule has 1 fully saturated rings. The average molecular weight is 405 g/mol. The van der Waals surface area contributed by atoms with Crippen LogP contribution in [0, 0.1) is 5.82 Å². The second-order valence-corrected chi connectivity index (χ2v) is 7.14. The van der Waals surface area contributed by atoms with E-state index in [1.54, 1.807) is 29.3 Å². The number of primary amides is 1. The molecule has 1 aliphatic rings. The molecular weight excluding hydrogens is 385 g/mol. The number of carbonyl (C=O) groups excluding carboxylic acids is 2. The van der Waals surface area contributed by atoms with Crippen LogP contribution in [0.3, 0.4) is 0 Å². The molecule has 1 atom stereocenters. The quantitative estimate of drug-likeness (QED) is 0.692. The van der Waals surface area contributed by atoms with E-state index < -0.39 is 11.7 Å². The number of benzene rings is 2. The molecule has 0 unspecified atom stereocenters. The monoisotopic (exact) mass is 405 g/mol. The first kappa shape index (κ1) is 19.5. The lowest BCUT2D eigenvalue weighted by molar-refractivity contribution is 0.0733. The number of aromatic nitrogens is 2. The van der Waals surface area contributed by atoms with Gasteiger partial charge in [0.1, 0.15) is 5.82 Å². The van der Waals surface area contributed by atoms with Crippen molar-refractivity contribution in [1.29, 1.82) is 0 Å². The van der Waals surface area contributed by atoms with E-state index in [0.717, 1.165) is 6.42 Å². The summed E-state index contributed by atoms with van der Waals surface area (Å²) in [4.78, 5) is 34.9. The van der Waals surface area contributed by atoms with Crippen molar-refractivity contribution >= 4 is 17.8 Å². The van der Waals surface area contributed by atoms with Crippen LogP contribution in [0.15, 0.2) is 54.7 Å². The van der Waals surface area contributed by atoms with Gasteiger partial charge >= 0.3 is 0 Å². The molecular formula is C22H20FN5O2. The highest BCUT2D eigenvalue weighted by atomic mass is 19.1. The molecule has 2 heterocycles. The first-order valence-electron chi connectivity index (χ1n) is 9.53. The molecule has 1 aromatic heterocycles. The van der Waals surface area contributed by atoms with Gasteiger partial charge in [-0.15, -0.1) is 0 Å². The minimum atomic E-state index is -0.538. The van der Waals surface area contributed by atoms with Gasteiger partial charge in [-0.05, 0) is 54.8 Å². The first-order valence-corrected chi connectivity index (χ1v) is 9.53. The summed E-state index contributed by atoms with van der Waals surface area (Å²) in [5, 5.41) is 0. The fourth-order valence-electron chi connectivity index (χ4n) is 3.78. The van der Waals surface area contributed by atoms with Crippen molar-refractivity contribution in [3.8, 4) is 11.1 Å². The smallest absolute Gasteiger partial charge is 0.254 e. The topological polar surface area (TPSA) is 115 Å². The lowest BCUT2D eigenvalue weighted by atomic mass is 9.98. The number of rotatable bonds is 4. The number of halogens is 1. The lowest BCUT2D eigenvalue weighted by Gasteiger charge is -2.26. The van der Waals surface area contributed by atoms with Gasteiger partial charge < -0.3 is 16.4 Å². The summed E-state index contributed by atoms with van der Waals surface area (Å²) < 4.78 is 13.3. The second-order valence-electron chi connectivity index (χ2n) is 7.14. The summed E-state index contributed by atoms with van der Waals surface area (Å²) in [7, 11) is 0. The van der Waals surface area contributed by atoms with Crippen LogP contribution in [-0.2, 0) is 0 Å². The summed E-state index contributed by atoms with van der Waals surface area (Å²) in [6.07, 6.45) is 3.09. The van der Waals surface area contributed by atoms with Crippen LogP contribution >= 0.6 is 0 Å². The molecule has 4 N–H and O–H groups in total. The SMILES string of the molecule is NC(=O)c1cccc(-c2cnc(N)nc2[C@H]2CCCN2C(=O)c2ccc(F)cc2)c1. The highest BCUT2D eigenvalue weighted by Crippen LogP contribution is 2.37. The number of amides is 2. The van der Waals surface area contributed by atoms with Gasteiger partial charge in [0.2, 0.25) is 11.9 Å². The predicted molar refractivity (Wildman–Crippen MR) is 110 cm³/mol. The maximum atomic E-state index is 13.3. The number of likely N-dealkylation sites (tertiary alicyclic amines) is 1. The Morgan fingerprint density at radius 1 is 1.10 bits per heavy atom. The van der Waals surface area contributed by atoms with Gasteiger partial charge in [0.05, 0.1) is 11.7 Å². The number of nitrogen functional groups attached to an aromatic ring is 1. The standard InChI is InChI=1S/C22H20FN5O2/c23-16-8-6-13(7-9-16)21(30)28-10-2-5-18(28)19-17(12-26-22(25)27-19)14-3-1-4-15(11-14)20(24)29/h1,3-4,6-9,11-12,18H,2,5,10H2,(H2,24,29)(H2,25,26,27)/t18-/m1/s1. The molecule has 0 saturated carbocycles. The molecule has 30 heavy (non-hydrogen) atoms. The lowest BCUT2D eigenvalue weighted by Crippen LogP contribution is -2.31. The Kier molecular flexibility index (Phi) is 5.14. The molecule has 1 saturated heterocycles. The molecule has 7 nitrogen and oxygen atoms in total. The molecule has 0 spiro atoms. The van der Waals surface area contributed by atoms with Crippen molar-refractivity contribution in [3.05, 3.63) is 77.4 Å². The Morgan fingerprint density at radius 2 is 1.87 bits per heavy atom. The molecule has 8 heteroatoms. The van der Waals surface area contributed by atoms with Crippen LogP contribution in [0.25, 0.3) is 11.1 Å². The zero-order valence-corrected chi connectivity index (χ0v) is 16.1. The Bertz CT molecular complexity index is 1120. The number of nitrogens with two attached hydrogens (primary N) is 2. The van der Waals surface area contributed by atoms with E-state index in [2.05, 4.69) is 9.97 Å². The van der Waals surface area contributed by atoms with E-state index >= 15 is 0 Å². The highest BCUT2D eigenvalue weighted by molar-refractivity contribution is 5.95. The van der Waals surface area contributed by atoms with Crippen molar-refractivity contribution in [1.82, 2.24) is 14.9 Å². The van der Waals surface area contributed by atoms with Gasteiger partial charge in [-0.2, -0.15) is 0 Å². The maximum Gasteiger partial charge on any atom is 0.254 e. The minimum absolute atomic E-state index is 0.0980.